The molecule has 0 bridgehead atoms. The van der Waals surface area contributed by atoms with Crippen LogP contribution in [-0.4, -0.2) is 33.6 Å². The molecular formula is C27H48O4Si. The summed E-state index contributed by atoms with van der Waals surface area (Å²) in [4.78, 5) is 12.2. The summed E-state index contributed by atoms with van der Waals surface area (Å²) in [6, 6.07) is 10.3. The van der Waals surface area contributed by atoms with Crippen molar-refractivity contribution >= 4 is 14.3 Å². The average Bonchev–Trinajstić information content (AvgIpc) is 2.69. The number of ether oxygens (including phenoxy) is 2. The minimum absolute atomic E-state index is 0.0401. The van der Waals surface area contributed by atoms with Crippen LogP contribution >= 0.6 is 0 Å². The Morgan fingerprint density at radius 3 is 1.88 bits per heavy atom. The lowest BCUT2D eigenvalue weighted by molar-refractivity contribution is -0.154. The van der Waals surface area contributed by atoms with E-state index >= 15 is 0 Å². The van der Waals surface area contributed by atoms with Crippen LogP contribution in [0.4, 0.5) is 0 Å². The maximum Gasteiger partial charge on any atom is 0.311 e. The maximum atomic E-state index is 12.2. The minimum Gasteiger partial charge on any atom is -0.465 e. The Hall–Kier alpha value is -1.17. The SMILES string of the molecule is CC(C)[Si](OC[C@H](C[C@H](C)COC(=O)C(C)(C)C)OCc1ccccc1)(C(C)C)C(C)C. The van der Waals surface area contributed by atoms with Crippen molar-refractivity contribution in [2.24, 2.45) is 11.3 Å². The molecule has 0 saturated carbocycles. The fourth-order valence-electron chi connectivity index (χ4n) is 4.66. The first-order valence-corrected chi connectivity index (χ1v) is 14.4. The summed E-state index contributed by atoms with van der Waals surface area (Å²) in [5, 5.41) is 0. The molecule has 0 amide bonds. The molecule has 0 N–H and O–H groups in total. The lowest BCUT2D eigenvalue weighted by Crippen LogP contribution is -2.49. The molecule has 0 aromatic heterocycles. The number of hydrogen-bond donors (Lipinski definition) is 0. The van der Waals surface area contributed by atoms with Gasteiger partial charge in [0.1, 0.15) is 0 Å². The molecule has 0 radical (unpaired) electrons. The molecule has 4 nitrogen and oxygen atoms in total. The van der Waals surface area contributed by atoms with Crippen LogP contribution in [0.5, 0.6) is 0 Å². The highest BCUT2D eigenvalue weighted by Gasteiger charge is 2.45. The first-order valence-electron chi connectivity index (χ1n) is 12.3. The normalized spacial score (nSPS) is 14.8. The molecule has 1 rings (SSSR count). The van der Waals surface area contributed by atoms with E-state index < -0.39 is 13.7 Å². The average molecular weight is 465 g/mol. The van der Waals surface area contributed by atoms with Crippen molar-refractivity contribution in [3.05, 3.63) is 35.9 Å². The number of esters is 1. The van der Waals surface area contributed by atoms with E-state index in [1.54, 1.807) is 0 Å². The smallest absolute Gasteiger partial charge is 0.311 e. The van der Waals surface area contributed by atoms with Crippen molar-refractivity contribution < 1.29 is 18.7 Å². The lowest BCUT2D eigenvalue weighted by Gasteiger charge is -2.43. The Labute approximate surface area is 198 Å². The first-order chi connectivity index (χ1) is 14.8. The van der Waals surface area contributed by atoms with E-state index in [4.69, 9.17) is 13.9 Å². The van der Waals surface area contributed by atoms with Crippen LogP contribution in [0.3, 0.4) is 0 Å². The highest BCUT2D eigenvalue weighted by atomic mass is 28.4. The molecule has 5 heteroatoms. The third-order valence-electron chi connectivity index (χ3n) is 6.33. The van der Waals surface area contributed by atoms with Crippen molar-refractivity contribution in [3.8, 4) is 0 Å². The fraction of sp³-hybridized carbons (Fsp3) is 0.741. The van der Waals surface area contributed by atoms with Gasteiger partial charge in [0.15, 0.2) is 8.32 Å². The van der Waals surface area contributed by atoms with Crippen molar-refractivity contribution in [1.82, 2.24) is 0 Å². The van der Waals surface area contributed by atoms with Gasteiger partial charge in [0.05, 0.1) is 31.3 Å². The summed E-state index contributed by atoms with van der Waals surface area (Å²) >= 11 is 0. The van der Waals surface area contributed by atoms with E-state index in [2.05, 4.69) is 60.6 Å². The van der Waals surface area contributed by atoms with Gasteiger partial charge < -0.3 is 13.9 Å². The number of rotatable bonds is 13. The largest absolute Gasteiger partial charge is 0.465 e. The molecule has 1 aromatic carbocycles. The van der Waals surface area contributed by atoms with Gasteiger partial charge in [0.2, 0.25) is 0 Å². The highest BCUT2D eigenvalue weighted by Crippen LogP contribution is 2.42. The zero-order valence-electron chi connectivity index (χ0n) is 22.2. The van der Waals surface area contributed by atoms with Crippen LogP contribution in [0.25, 0.3) is 0 Å². The van der Waals surface area contributed by atoms with Gasteiger partial charge in [-0.2, -0.15) is 0 Å². The van der Waals surface area contributed by atoms with Gasteiger partial charge in [-0.25, -0.2) is 0 Å². The topological polar surface area (TPSA) is 44.8 Å². The van der Waals surface area contributed by atoms with Gasteiger partial charge >= 0.3 is 5.97 Å². The molecule has 0 unspecified atom stereocenters. The second kappa shape index (κ2) is 12.9. The third-order valence-corrected chi connectivity index (χ3v) is 12.4. The molecule has 0 aliphatic heterocycles. The summed E-state index contributed by atoms with van der Waals surface area (Å²) in [5.74, 6) is 0.0343. The van der Waals surface area contributed by atoms with E-state index in [-0.39, 0.29) is 18.0 Å². The molecule has 0 aliphatic rings. The van der Waals surface area contributed by atoms with Crippen LogP contribution in [0.15, 0.2) is 30.3 Å². The van der Waals surface area contributed by atoms with Crippen molar-refractivity contribution in [3.63, 3.8) is 0 Å². The Kier molecular flexibility index (Phi) is 11.6. The third kappa shape index (κ3) is 8.64. The Morgan fingerprint density at radius 2 is 1.41 bits per heavy atom. The second-order valence-electron chi connectivity index (χ2n) is 11.2. The van der Waals surface area contributed by atoms with E-state index in [0.29, 0.717) is 36.4 Å². The second-order valence-corrected chi connectivity index (χ2v) is 16.7. The molecule has 0 fully saturated rings. The molecule has 0 spiro atoms. The summed E-state index contributed by atoms with van der Waals surface area (Å²) in [6.45, 7) is 23.2. The monoisotopic (exact) mass is 464 g/mol. The van der Waals surface area contributed by atoms with E-state index in [9.17, 15) is 4.79 Å². The molecule has 184 valence electrons. The fourth-order valence-corrected chi connectivity index (χ4v) is 10.1. The summed E-state index contributed by atoms with van der Waals surface area (Å²) in [5.41, 5.74) is 2.26. The maximum absolute atomic E-state index is 12.2. The van der Waals surface area contributed by atoms with E-state index in [0.717, 1.165) is 12.0 Å². The number of hydrogen-bond acceptors (Lipinski definition) is 4. The first kappa shape index (κ1) is 28.9. The number of carbonyl (C=O) groups is 1. The summed E-state index contributed by atoms with van der Waals surface area (Å²) in [7, 11) is -1.98. The number of carbonyl (C=O) groups excluding carboxylic acids is 1. The lowest BCUT2D eigenvalue weighted by atomic mass is 9.97. The van der Waals surface area contributed by atoms with Crippen molar-refractivity contribution in [2.45, 2.75) is 105 Å². The Bertz CT molecular complexity index is 642. The zero-order valence-corrected chi connectivity index (χ0v) is 23.2. The van der Waals surface area contributed by atoms with Crippen LogP contribution < -0.4 is 0 Å². The molecule has 0 heterocycles. The van der Waals surface area contributed by atoms with Gasteiger partial charge in [0, 0.05) is 0 Å². The van der Waals surface area contributed by atoms with Crippen LogP contribution in [0.1, 0.15) is 81.2 Å². The predicted molar refractivity (Wildman–Crippen MR) is 136 cm³/mol. The molecule has 0 aliphatic carbocycles. The van der Waals surface area contributed by atoms with Crippen molar-refractivity contribution in [2.75, 3.05) is 13.2 Å². The van der Waals surface area contributed by atoms with Gasteiger partial charge in [0.25, 0.3) is 0 Å². The van der Waals surface area contributed by atoms with Gasteiger partial charge in [-0.15, -0.1) is 0 Å². The predicted octanol–water partition coefficient (Wildman–Crippen LogP) is 7.38. The Morgan fingerprint density at radius 1 is 0.875 bits per heavy atom. The Balaban J connectivity index is 2.88. The van der Waals surface area contributed by atoms with Crippen LogP contribution in [0, 0.1) is 11.3 Å². The molecule has 1 aromatic rings. The van der Waals surface area contributed by atoms with E-state index in [1.807, 2.05) is 39.0 Å². The summed E-state index contributed by atoms with van der Waals surface area (Å²) in [6.07, 6.45) is 0.755. The highest BCUT2D eigenvalue weighted by molar-refractivity contribution is 6.77. The standard InChI is InChI=1S/C27H48O4Si/c1-20(2)32(21(3)4,22(5)6)31-19-25(29-18-24-14-12-11-13-15-24)16-23(7)17-30-26(28)27(8,9)10/h11-15,20-23,25H,16-19H2,1-10H3/t23-,25-/m0/s1. The molecule has 2 atom stereocenters. The van der Waals surface area contributed by atoms with Gasteiger partial charge in [-0.05, 0) is 55.3 Å². The summed E-state index contributed by atoms with van der Waals surface area (Å²) < 4.78 is 18.8. The molecular weight excluding hydrogens is 416 g/mol. The van der Waals surface area contributed by atoms with E-state index in [1.165, 1.54) is 0 Å². The quantitative estimate of drug-likeness (QED) is 0.226. The number of benzene rings is 1. The van der Waals surface area contributed by atoms with Crippen molar-refractivity contribution in [1.29, 1.82) is 0 Å². The van der Waals surface area contributed by atoms with Gasteiger partial charge in [-0.3, -0.25) is 4.79 Å². The van der Waals surface area contributed by atoms with Crippen LogP contribution in [-0.2, 0) is 25.3 Å². The minimum atomic E-state index is -1.98. The van der Waals surface area contributed by atoms with Gasteiger partial charge in [-0.1, -0.05) is 78.8 Å². The van der Waals surface area contributed by atoms with Crippen LogP contribution in [0.2, 0.25) is 16.6 Å². The molecule has 0 saturated heterocycles. The zero-order chi connectivity index (χ0) is 24.5. The molecule has 32 heavy (non-hydrogen) atoms.